The third-order valence-corrected chi connectivity index (χ3v) is 3.05. The van der Waals surface area contributed by atoms with Gasteiger partial charge in [-0.15, -0.1) is 0 Å². The minimum Gasteiger partial charge on any atom is -0.385 e. The molecule has 1 aromatic rings. The Bertz CT molecular complexity index is 333. The van der Waals surface area contributed by atoms with Crippen molar-refractivity contribution in [2.24, 2.45) is 0 Å². The summed E-state index contributed by atoms with van der Waals surface area (Å²) in [6, 6.07) is 5.42. The Morgan fingerprint density at radius 2 is 2.25 bits per heavy atom. The number of nitrogens with one attached hydrogen (secondary N) is 1. The van der Waals surface area contributed by atoms with Gasteiger partial charge >= 0.3 is 0 Å². The van der Waals surface area contributed by atoms with E-state index in [1.54, 1.807) is 7.11 Å². The van der Waals surface area contributed by atoms with Crippen molar-refractivity contribution in [2.45, 2.75) is 18.9 Å². The summed E-state index contributed by atoms with van der Waals surface area (Å²) in [5.41, 5.74) is 0.735. The fourth-order valence-electron chi connectivity index (χ4n) is 1.56. The predicted octanol–water partition coefficient (Wildman–Crippen LogP) is 2.76. The summed E-state index contributed by atoms with van der Waals surface area (Å²) < 4.78 is 19.4. The molecule has 0 spiro atoms. The van der Waals surface area contributed by atoms with Crippen LogP contribution in [0.2, 0.25) is 0 Å². The van der Waals surface area contributed by atoms with Gasteiger partial charge < -0.3 is 10.1 Å². The Kier molecular flexibility index (Phi) is 5.95. The van der Waals surface area contributed by atoms with Crippen molar-refractivity contribution in [1.82, 2.24) is 5.32 Å². The van der Waals surface area contributed by atoms with Gasteiger partial charge in [-0.2, -0.15) is 0 Å². The minimum atomic E-state index is -0.160. The predicted molar refractivity (Wildman–Crippen MR) is 67.1 cm³/mol. The smallest absolute Gasteiger partial charge is 0.127 e. The lowest BCUT2D eigenvalue weighted by Gasteiger charge is -2.16. The number of hydrogen-bond acceptors (Lipinski definition) is 2. The molecule has 0 amide bonds. The fourth-order valence-corrected chi connectivity index (χ4v) is 1.89. The summed E-state index contributed by atoms with van der Waals surface area (Å²) in [6.07, 6.45) is 1.56. The number of rotatable bonds is 6. The van der Waals surface area contributed by atoms with E-state index in [0.717, 1.165) is 16.5 Å². The minimum absolute atomic E-state index is 0.160. The highest BCUT2D eigenvalue weighted by atomic mass is 79.9. The number of methoxy groups -OCH3 is 1. The van der Waals surface area contributed by atoms with Gasteiger partial charge in [0.15, 0.2) is 0 Å². The van der Waals surface area contributed by atoms with E-state index >= 15 is 0 Å². The highest BCUT2D eigenvalue weighted by molar-refractivity contribution is 9.10. The van der Waals surface area contributed by atoms with Gasteiger partial charge in [0.2, 0.25) is 0 Å². The second kappa shape index (κ2) is 6.99. The molecular formula is C12H17BrFNO. The fraction of sp³-hybridized carbons (Fsp3) is 0.500. The first-order valence-corrected chi connectivity index (χ1v) is 6.06. The summed E-state index contributed by atoms with van der Waals surface area (Å²) >= 11 is 3.25. The van der Waals surface area contributed by atoms with Gasteiger partial charge in [0.25, 0.3) is 0 Å². The number of likely N-dealkylation sites (N-methyl/N-ethyl adjacent to an activating group) is 1. The van der Waals surface area contributed by atoms with E-state index in [2.05, 4.69) is 21.2 Å². The zero-order valence-corrected chi connectivity index (χ0v) is 11.2. The van der Waals surface area contributed by atoms with Crippen LogP contribution < -0.4 is 5.32 Å². The van der Waals surface area contributed by atoms with E-state index in [1.165, 1.54) is 6.07 Å². The van der Waals surface area contributed by atoms with Crippen LogP contribution in [-0.2, 0) is 11.2 Å². The molecule has 0 aliphatic heterocycles. The molecule has 0 radical (unpaired) electrons. The number of halogens is 2. The van der Waals surface area contributed by atoms with Crippen LogP contribution in [0.4, 0.5) is 4.39 Å². The van der Waals surface area contributed by atoms with Crippen molar-refractivity contribution in [3.63, 3.8) is 0 Å². The van der Waals surface area contributed by atoms with E-state index in [0.29, 0.717) is 13.0 Å². The maximum atomic E-state index is 13.6. The molecule has 0 aliphatic rings. The van der Waals surface area contributed by atoms with Gasteiger partial charge in [0, 0.05) is 24.2 Å². The average Bonchev–Trinajstić information content (AvgIpc) is 2.27. The molecule has 1 N–H and O–H groups in total. The summed E-state index contributed by atoms with van der Waals surface area (Å²) in [4.78, 5) is 0. The van der Waals surface area contributed by atoms with E-state index in [9.17, 15) is 4.39 Å². The first-order chi connectivity index (χ1) is 7.67. The second-order valence-electron chi connectivity index (χ2n) is 3.71. The number of benzene rings is 1. The monoisotopic (exact) mass is 289 g/mol. The molecule has 90 valence electrons. The zero-order valence-electron chi connectivity index (χ0n) is 9.59. The molecule has 0 bridgehead atoms. The van der Waals surface area contributed by atoms with Crippen LogP contribution >= 0.6 is 15.9 Å². The average molecular weight is 290 g/mol. The topological polar surface area (TPSA) is 21.3 Å². The lowest BCUT2D eigenvalue weighted by Crippen LogP contribution is -2.29. The molecule has 2 nitrogen and oxygen atoms in total. The third kappa shape index (κ3) is 4.20. The molecule has 4 heteroatoms. The number of hydrogen-bond donors (Lipinski definition) is 1. The summed E-state index contributed by atoms with van der Waals surface area (Å²) in [6.45, 7) is 0.684. The lowest BCUT2D eigenvalue weighted by atomic mass is 10.0. The van der Waals surface area contributed by atoms with Crippen LogP contribution in [0.1, 0.15) is 12.0 Å². The Labute approximate surface area is 104 Å². The lowest BCUT2D eigenvalue weighted by molar-refractivity contribution is 0.183. The summed E-state index contributed by atoms with van der Waals surface area (Å²) in [5.74, 6) is -0.160. The molecule has 1 aromatic carbocycles. The van der Waals surface area contributed by atoms with E-state index in [4.69, 9.17) is 4.74 Å². The van der Waals surface area contributed by atoms with Crippen LogP contribution in [0, 0.1) is 5.82 Å². The van der Waals surface area contributed by atoms with Crippen molar-refractivity contribution >= 4 is 15.9 Å². The van der Waals surface area contributed by atoms with Gasteiger partial charge in [-0.3, -0.25) is 0 Å². The van der Waals surface area contributed by atoms with Crippen LogP contribution in [0.25, 0.3) is 0 Å². The van der Waals surface area contributed by atoms with Gasteiger partial charge in [0.1, 0.15) is 5.82 Å². The molecule has 0 saturated carbocycles. The van der Waals surface area contributed by atoms with Crippen LogP contribution in [0.5, 0.6) is 0 Å². The molecule has 0 fully saturated rings. The van der Waals surface area contributed by atoms with Crippen molar-refractivity contribution in [3.05, 3.63) is 34.1 Å². The number of ether oxygens (including phenoxy) is 1. The third-order valence-electron chi connectivity index (χ3n) is 2.56. The quantitative estimate of drug-likeness (QED) is 0.870. The molecule has 1 unspecified atom stereocenters. The Morgan fingerprint density at radius 3 is 2.81 bits per heavy atom. The molecular weight excluding hydrogens is 273 g/mol. The van der Waals surface area contributed by atoms with Crippen molar-refractivity contribution in [2.75, 3.05) is 20.8 Å². The van der Waals surface area contributed by atoms with E-state index < -0.39 is 0 Å². The summed E-state index contributed by atoms with van der Waals surface area (Å²) in [7, 11) is 3.56. The SMILES string of the molecule is CNC(CCOC)Cc1ccc(Br)cc1F. The van der Waals surface area contributed by atoms with E-state index in [-0.39, 0.29) is 11.9 Å². The van der Waals surface area contributed by atoms with Crippen molar-refractivity contribution in [1.29, 1.82) is 0 Å². The molecule has 1 atom stereocenters. The first kappa shape index (κ1) is 13.6. The molecule has 0 heterocycles. The molecule has 0 saturated heterocycles. The van der Waals surface area contributed by atoms with Crippen LogP contribution in [0.3, 0.4) is 0 Å². The maximum absolute atomic E-state index is 13.6. The van der Waals surface area contributed by atoms with Gasteiger partial charge in [0.05, 0.1) is 0 Å². The zero-order chi connectivity index (χ0) is 12.0. The standard InChI is InChI=1S/C12H17BrFNO/c1-15-11(5-6-16-2)7-9-3-4-10(13)8-12(9)14/h3-4,8,11,15H,5-7H2,1-2H3. The Morgan fingerprint density at radius 1 is 1.50 bits per heavy atom. The highest BCUT2D eigenvalue weighted by Gasteiger charge is 2.10. The highest BCUT2D eigenvalue weighted by Crippen LogP contribution is 2.17. The Hall–Kier alpha value is -0.450. The normalized spacial score (nSPS) is 12.8. The van der Waals surface area contributed by atoms with Crippen molar-refractivity contribution < 1.29 is 9.13 Å². The second-order valence-corrected chi connectivity index (χ2v) is 4.62. The van der Waals surface area contributed by atoms with Crippen LogP contribution in [0.15, 0.2) is 22.7 Å². The molecule has 16 heavy (non-hydrogen) atoms. The van der Waals surface area contributed by atoms with E-state index in [1.807, 2.05) is 19.2 Å². The van der Waals surface area contributed by atoms with Gasteiger partial charge in [-0.1, -0.05) is 22.0 Å². The first-order valence-electron chi connectivity index (χ1n) is 5.27. The van der Waals surface area contributed by atoms with Gasteiger partial charge in [-0.25, -0.2) is 4.39 Å². The Balaban J connectivity index is 2.62. The largest absolute Gasteiger partial charge is 0.385 e. The van der Waals surface area contributed by atoms with Gasteiger partial charge in [-0.05, 0) is 37.6 Å². The maximum Gasteiger partial charge on any atom is 0.127 e. The summed E-state index contributed by atoms with van der Waals surface area (Å²) in [5, 5.41) is 3.17. The molecule has 0 aliphatic carbocycles. The van der Waals surface area contributed by atoms with Crippen molar-refractivity contribution in [3.8, 4) is 0 Å². The molecule has 0 aromatic heterocycles. The molecule has 1 rings (SSSR count). The van der Waals surface area contributed by atoms with Crippen LogP contribution in [-0.4, -0.2) is 26.8 Å².